The van der Waals surface area contributed by atoms with Gasteiger partial charge in [-0.25, -0.2) is 0 Å². The fourth-order valence-corrected chi connectivity index (χ4v) is 1.69. The lowest BCUT2D eigenvalue weighted by Gasteiger charge is -2.29. The quantitative estimate of drug-likeness (QED) is 0.508. The highest BCUT2D eigenvalue weighted by molar-refractivity contribution is 4.73. The van der Waals surface area contributed by atoms with E-state index in [1.54, 1.807) is 0 Å². The molecule has 0 spiro atoms. The van der Waals surface area contributed by atoms with Crippen molar-refractivity contribution in [2.75, 3.05) is 19.6 Å². The lowest BCUT2D eigenvalue weighted by Crippen LogP contribution is -2.38. The molecule has 1 heterocycles. The Balaban J connectivity index is 2.09. The highest BCUT2D eigenvalue weighted by atomic mass is 16.3. The molecule has 1 unspecified atom stereocenters. The first kappa shape index (κ1) is 9.75. The van der Waals surface area contributed by atoms with Crippen molar-refractivity contribution in [2.24, 2.45) is 0 Å². The van der Waals surface area contributed by atoms with E-state index in [-0.39, 0.29) is 6.10 Å². The van der Waals surface area contributed by atoms with Gasteiger partial charge in [-0.3, -0.25) is 0 Å². The van der Waals surface area contributed by atoms with Gasteiger partial charge in [-0.15, -0.1) is 6.58 Å². The number of aliphatic hydroxyl groups is 1. The van der Waals surface area contributed by atoms with Crippen LogP contribution in [0, 0.1) is 0 Å². The third-order valence-corrected chi connectivity index (χ3v) is 2.36. The Labute approximate surface area is 74.9 Å². The summed E-state index contributed by atoms with van der Waals surface area (Å²) in [7, 11) is 0. The Morgan fingerprint density at radius 1 is 1.58 bits per heavy atom. The van der Waals surface area contributed by atoms with Gasteiger partial charge in [-0.05, 0) is 38.8 Å². The predicted molar refractivity (Wildman–Crippen MR) is 51.1 cm³/mol. The van der Waals surface area contributed by atoms with Gasteiger partial charge in [-0.1, -0.05) is 6.08 Å². The second kappa shape index (κ2) is 5.33. The minimum atomic E-state index is -0.0810. The average Bonchev–Trinajstić information content (AvgIpc) is 2.05. The van der Waals surface area contributed by atoms with Crippen molar-refractivity contribution < 1.29 is 5.11 Å². The monoisotopic (exact) mass is 169 g/mol. The first-order valence-electron chi connectivity index (χ1n) is 4.84. The fraction of sp³-hybridized carbons (Fsp3) is 0.800. The zero-order chi connectivity index (χ0) is 8.81. The predicted octanol–water partition coefficient (Wildman–Crippen LogP) is 1.41. The van der Waals surface area contributed by atoms with Gasteiger partial charge in [0.25, 0.3) is 0 Å². The smallest absolute Gasteiger partial charge is 0.0667 e. The zero-order valence-corrected chi connectivity index (χ0v) is 7.71. The molecule has 70 valence electrons. The van der Waals surface area contributed by atoms with Crippen molar-refractivity contribution in [1.29, 1.82) is 0 Å². The maximum atomic E-state index is 9.37. The van der Waals surface area contributed by atoms with Crippen LogP contribution in [0.3, 0.4) is 0 Å². The molecule has 0 aromatic carbocycles. The first-order chi connectivity index (χ1) is 5.83. The van der Waals surface area contributed by atoms with Gasteiger partial charge in [0.1, 0.15) is 0 Å². The normalized spacial score (nSPS) is 25.6. The van der Waals surface area contributed by atoms with Gasteiger partial charge in [-0.2, -0.15) is 0 Å². The number of nitrogens with zero attached hydrogens (tertiary/aromatic N) is 1. The zero-order valence-electron chi connectivity index (χ0n) is 7.71. The van der Waals surface area contributed by atoms with E-state index >= 15 is 0 Å². The molecule has 0 aromatic rings. The van der Waals surface area contributed by atoms with Crippen molar-refractivity contribution in [2.45, 2.75) is 31.8 Å². The molecule has 1 aliphatic heterocycles. The molecule has 2 heteroatoms. The van der Waals surface area contributed by atoms with Crippen LogP contribution < -0.4 is 0 Å². The third-order valence-electron chi connectivity index (χ3n) is 2.36. The van der Waals surface area contributed by atoms with E-state index in [0.717, 1.165) is 38.9 Å². The van der Waals surface area contributed by atoms with E-state index < -0.39 is 0 Å². The molecule has 2 nitrogen and oxygen atoms in total. The lowest BCUT2D eigenvalue weighted by molar-refractivity contribution is 0.0703. The molecule has 0 bridgehead atoms. The Hall–Kier alpha value is -0.340. The number of piperidine rings is 1. The molecule has 0 aromatic heterocycles. The first-order valence-corrected chi connectivity index (χ1v) is 4.84. The van der Waals surface area contributed by atoms with Gasteiger partial charge >= 0.3 is 0 Å². The van der Waals surface area contributed by atoms with Crippen LogP contribution in [0.1, 0.15) is 25.7 Å². The van der Waals surface area contributed by atoms with Gasteiger partial charge in [0, 0.05) is 6.54 Å². The van der Waals surface area contributed by atoms with Gasteiger partial charge in [0.15, 0.2) is 0 Å². The molecule has 0 radical (unpaired) electrons. The van der Waals surface area contributed by atoms with Crippen LogP contribution in [-0.4, -0.2) is 35.7 Å². The van der Waals surface area contributed by atoms with Crippen LogP contribution in [0.2, 0.25) is 0 Å². The summed E-state index contributed by atoms with van der Waals surface area (Å²) >= 11 is 0. The molecule has 12 heavy (non-hydrogen) atoms. The molecule has 0 aliphatic carbocycles. The molecule has 1 aliphatic rings. The van der Waals surface area contributed by atoms with Gasteiger partial charge in [0.2, 0.25) is 0 Å². The maximum absolute atomic E-state index is 9.37. The van der Waals surface area contributed by atoms with Crippen LogP contribution in [0.25, 0.3) is 0 Å². The summed E-state index contributed by atoms with van der Waals surface area (Å²) < 4.78 is 0. The van der Waals surface area contributed by atoms with Gasteiger partial charge in [0.05, 0.1) is 6.10 Å². The molecule has 1 atom stereocenters. The number of hydrogen-bond acceptors (Lipinski definition) is 2. The van der Waals surface area contributed by atoms with Gasteiger partial charge < -0.3 is 10.0 Å². The molecule has 1 N–H and O–H groups in total. The van der Waals surface area contributed by atoms with Crippen LogP contribution in [0.4, 0.5) is 0 Å². The molecule has 0 saturated carbocycles. The summed E-state index contributed by atoms with van der Waals surface area (Å²) in [5.74, 6) is 0. The van der Waals surface area contributed by atoms with Crippen LogP contribution in [-0.2, 0) is 0 Å². The third kappa shape index (κ3) is 3.37. The summed E-state index contributed by atoms with van der Waals surface area (Å²) in [5, 5.41) is 9.37. The number of unbranched alkanes of at least 4 members (excludes halogenated alkanes) is 1. The Bertz CT molecular complexity index is 136. The van der Waals surface area contributed by atoms with Crippen molar-refractivity contribution >= 4 is 0 Å². The summed E-state index contributed by atoms with van der Waals surface area (Å²) in [6, 6.07) is 0. The average molecular weight is 169 g/mol. The van der Waals surface area contributed by atoms with Crippen LogP contribution in [0.15, 0.2) is 12.7 Å². The van der Waals surface area contributed by atoms with Crippen LogP contribution in [0.5, 0.6) is 0 Å². The lowest BCUT2D eigenvalue weighted by atomic mass is 10.1. The summed E-state index contributed by atoms with van der Waals surface area (Å²) in [5.41, 5.74) is 0. The second-order valence-electron chi connectivity index (χ2n) is 3.53. The standard InChI is InChI=1S/C10H19NO/c1-2-3-4-7-11-8-5-6-10(12)9-11/h2,10,12H,1,3-9H2. The van der Waals surface area contributed by atoms with E-state index in [1.165, 1.54) is 6.42 Å². The number of aliphatic hydroxyl groups excluding tert-OH is 1. The van der Waals surface area contributed by atoms with E-state index in [4.69, 9.17) is 0 Å². The summed E-state index contributed by atoms with van der Waals surface area (Å²) in [4.78, 5) is 2.34. The number of β-amino-alcohol motifs (C(OH)–C–C–N with tert-alkyl or cyclic N) is 1. The van der Waals surface area contributed by atoms with E-state index in [9.17, 15) is 5.11 Å². The number of hydrogen-bond donors (Lipinski definition) is 1. The SMILES string of the molecule is C=CCCCN1CCCC(O)C1. The number of allylic oxidation sites excluding steroid dienone is 1. The largest absolute Gasteiger partial charge is 0.392 e. The molecule has 1 saturated heterocycles. The van der Waals surface area contributed by atoms with E-state index in [2.05, 4.69) is 11.5 Å². The topological polar surface area (TPSA) is 23.5 Å². The molecule has 1 rings (SSSR count). The minimum absolute atomic E-state index is 0.0810. The molecular weight excluding hydrogens is 150 g/mol. The Kier molecular flexibility index (Phi) is 4.33. The summed E-state index contributed by atoms with van der Waals surface area (Å²) in [6.45, 7) is 6.84. The summed E-state index contributed by atoms with van der Waals surface area (Å²) in [6.07, 6.45) is 6.28. The Morgan fingerprint density at radius 3 is 3.08 bits per heavy atom. The molecule has 1 fully saturated rings. The molecule has 0 amide bonds. The van der Waals surface area contributed by atoms with E-state index in [1.807, 2.05) is 6.08 Å². The van der Waals surface area contributed by atoms with E-state index in [0.29, 0.717) is 0 Å². The van der Waals surface area contributed by atoms with Crippen molar-refractivity contribution in [3.63, 3.8) is 0 Å². The maximum Gasteiger partial charge on any atom is 0.0667 e. The van der Waals surface area contributed by atoms with Crippen molar-refractivity contribution in [3.05, 3.63) is 12.7 Å². The highest BCUT2D eigenvalue weighted by Gasteiger charge is 2.16. The van der Waals surface area contributed by atoms with Crippen LogP contribution >= 0.6 is 0 Å². The number of likely N-dealkylation sites (tertiary alicyclic amines) is 1. The number of rotatable bonds is 4. The Morgan fingerprint density at radius 2 is 2.42 bits per heavy atom. The minimum Gasteiger partial charge on any atom is -0.392 e. The fourth-order valence-electron chi connectivity index (χ4n) is 1.69. The second-order valence-corrected chi connectivity index (χ2v) is 3.53. The highest BCUT2D eigenvalue weighted by Crippen LogP contribution is 2.10. The van der Waals surface area contributed by atoms with Crippen molar-refractivity contribution in [1.82, 2.24) is 4.90 Å². The molecular formula is C10H19NO. The van der Waals surface area contributed by atoms with Crippen molar-refractivity contribution in [3.8, 4) is 0 Å².